The second kappa shape index (κ2) is 6.21. The number of rotatable bonds is 6. The van der Waals surface area contributed by atoms with Crippen LogP contribution in [0.5, 0.6) is 5.75 Å². The first-order valence-corrected chi connectivity index (χ1v) is 6.18. The summed E-state index contributed by atoms with van der Waals surface area (Å²) >= 11 is 0. The molecule has 0 amide bonds. The second-order valence-corrected chi connectivity index (χ2v) is 4.25. The second-order valence-electron chi connectivity index (χ2n) is 4.25. The highest BCUT2D eigenvalue weighted by atomic mass is 16.5. The average Bonchev–Trinajstić information content (AvgIpc) is 2.86. The van der Waals surface area contributed by atoms with E-state index in [2.05, 4.69) is 24.0 Å². The molecule has 4 nitrogen and oxygen atoms in total. The van der Waals surface area contributed by atoms with E-state index in [0.717, 1.165) is 24.3 Å². The number of hydrogen-bond donors (Lipinski definition) is 1. The van der Waals surface area contributed by atoms with Gasteiger partial charge in [-0.1, -0.05) is 18.2 Å². The molecule has 0 aliphatic heterocycles. The van der Waals surface area contributed by atoms with Crippen LogP contribution in [0.3, 0.4) is 0 Å². The van der Waals surface area contributed by atoms with Gasteiger partial charge in [-0.05, 0) is 31.0 Å². The van der Waals surface area contributed by atoms with Gasteiger partial charge in [-0.2, -0.15) is 0 Å². The highest BCUT2D eigenvalue weighted by Crippen LogP contribution is 2.23. The van der Waals surface area contributed by atoms with E-state index in [1.807, 2.05) is 16.8 Å². The summed E-state index contributed by atoms with van der Waals surface area (Å²) in [6, 6.07) is 6.18. The van der Waals surface area contributed by atoms with Gasteiger partial charge in [-0.25, -0.2) is 4.98 Å². The summed E-state index contributed by atoms with van der Waals surface area (Å²) in [5, 5.41) is 0. The third kappa shape index (κ3) is 3.11. The SMILES string of the molecule is Cc1cccc(CCN)c1OCCn1ccnc1. The molecule has 18 heavy (non-hydrogen) atoms. The van der Waals surface area contributed by atoms with E-state index in [0.29, 0.717) is 13.2 Å². The Labute approximate surface area is 107 Å². The molecule has 0 unspecified atom stereocenters. The molecule has 1 heterocycles. The Morgan fingerprint density at radius 3 is 3.00 bits per heavy atom. The van der Waals surface area contributed by atoms with Gasteiger partial charge in [0.2, 0.25) is 0 Å². The van der Waals surface area contributed by atoms with Gasteiger partial charge < -0.3 is 15.0 Å². The predicted octanol–water partition coefficient (Wildman–Crippen LogP) is 1.77. The molecule has 0 aliphatic carbocycles. The zero-order chi connectivity index (χ0) is 12.8. The minimum absolute atomic E-state index is 0.638. The molecule has 0 saturated carbocycles. The van der Waals surface area contributed by atoms with Gasteiger partial charge in [-0.15, -0.1) is 0 Å². The summed E-state index contributed by atoms with van der Waals surface area (Å²) in [6.45, 7) is 4.14. The molecule has 1 aromatic heterocycles. The van der Waals surface area contributed by atoms with Crippen molar-refractivity contribution in [1.82, 2.24) is 9.55 Å². The van der Waals surface area contributed by atoms with Crippen LogP contribution in [0.4, 0.5) is 0 Å². The van der Waals surface area contributed by atoms with Crippen molar-refractivity contribution in [3.63, 3.8) is 0 Å². The molecule has 0 aliphatic rings. The smallest absolute Gasteiger partial charge is 0.125 e. The molecule has 0 radical (unpaired) electrons. The zero-order valence-corrected chi connectivity index (χ0v) is 10.7. The Kier molecular flexibility index (Phi) is 4.36. The van der Waals surface area contributed by atoms with Crippen LogP contribution in [0.2, 0.25) is 0 Å². The number of nitrogens with zero attached hydrogens (tertiary/aromatic N) is 2. The van der Waals surface area contributed by atoms with E-state index in [1.54, 1.807) is 12.5 Å². The highest BCUT2D eigenvalue weighted by Gasteiger charge is 2.06. The Balaban J connectivity index is 1.99. The van der Waals surface area contributed by atoms with Gasteiger partial charge >= 0.3 is 0 Å². The van der Waals surface area contributed by atoms with Gasteiger partial charge in [0.15, 0.2) is 0 Å². The minimum atomic E-state index is 0.638. The minimum Gasteiger partial charge on any atom is -0.491 e. The van der Waals surface area contributed by atoms with E-state index < -0.39 is 0 Å². The lowest BCUT2D eigenvalue weighted by atomic mass is 10.1. The first-order chi connectivity index (χ1) is 8.81. The number of aryl methyl sites for hydroxylation is 1. The van der Waals surface area contributed by atoms with Crippen LogP contribution < -0.4 is 10.5 Å². The number of ether oxygens (including phenoxy) is 1. The fourth-order valence-electron chi connectivity index (χ4n) is 1.94. The largest absolute Gasteiger partial charge is 0.491 e. The Morgan fingerprint density at radius 1 is 1.39 bits per heavy atom. The number of nitrogens with two attached hydrogens (primary N) is 1. The van der Waals surface area contributed by atoms with Crippen molar-refractivity contribution < 1.29 is 4.74 Å². The summed E-state index contributed by atoms with van der Waals surface area (Å²) in [7, 11) is 0. The summed E-state index contributed by atoms with van der Waals surface area (Å²) in [4.78, 5) is 4.00. The number of imidazole rings is 1. The van der Waals surface area contributed by atoms with Crippen molar-refractivity contribution >= 4 is 0 Å². The van der Waals surface area contributed by atoms with Gasteiger partial charge in [-0.3, -0.25) is 0 Å². The maximum absolute atomic E-state index is 5.89. The third-order valence-electron chi connectivity index (χ3n) is 2.86. The lowest BCUT2D eigenvalue weighted by molar-refractivity contribution is 0.293. The third-order valence-corrected chi connectivity index (χ3v) is 2.86. The van der Waals surface area contributed by atoms with Crippen molar-refractivity contribution in [2.45, 2.75) is 19.9 Å². The van der Waals surface area contributed by atoms with Crippen molar-refractivity contribution in [3.8, 4) is 5.75 Å². The molecule has 1 aromatic carbocycles. The topological polar surface area (TPSA) is 53.1 Å². The summed E-state index contributed by atoms with van der Waals surface area (Å²) < 4.78 is 7.89. The molecule has 0 atom stereocenters. The van der Waals surface area contributed by atoms with E-state index in [1.165, 1.54) is 5.56 Å². The predicted molar refractivity (Wildman–Crippen MR) is 71.7 cm³/mol. The molecule has 2 N–H and O–H groups in total. The molecular weight excluding hydrogens is 226 g/mol. The molecule has 0 saturated heterocycles. The molecule has 2 rings (SSSR count). The number of hydrogen-bond acceptors (Lipinski definition) is 3. The maximum atomic E-state index is 5.89. The van der Waals surface area contributed by atoms with E-state index >= 15 is 0 Å². The fraction of sp³-hybridized carbons (Fsp3) is 0.357. The molecule has 4 heteroatoms. The van der Waals surface area contributed by atoms with Crippen molar-refractivity contribution in [2.24, 2.45) is 5.73 Å². The van der Waals surface area contributed by atoms with Crippen LogP contribution in [-0.4, -0.2) is 22.7 Å². The van der Waals surface area contributed by atoms with Crippen LogP contribution in [0.15, 0.2) is 36.9 Å². The Hall–Kier alpha value is -1.81. The van der Waals surface area contributed by atoms with E-state index in [4.69, 9.17) is 10.5 Å². The summed E-state index contributed by atoms with van der Waals surface area (Å²) in [6.07, 6.45) is 6.35. The van der Waals surface area contributed by atoms with Crippen molar-refractivity contribution in [3.05, 3.63) is 48.0 Å². The standard InChI is InChI=1S/C14H19N3O/c1-12-3-2-4-13(5-6-15)14(12)18-10-9-17-8-7-16-11-17/h2-4,7-8,11H,5-6,9-10,15H2,1H3. The van der Waals surface area contributed by atoms with Crippen molar-refractivity contribution in [2.75, 3.05) is 13.2 Å². The van der Waals surface area contributed by atoms with Gasteiger partial charge in [0.1, 0.15) is 12.4 Å². The average molecular weight is 245 g/mol. The fourth-order valence-corrected chi connectivity index (χ4v) is 1.94. The van der Waals surface area contributed by atoms with Crippen LogP contribution in [0.1, 0.15) is 11.1 Å². The van der Waals surface area contributed by atoms with Crippen LogP contribution >= 0.6 is 0 Å². The molecular formula is C14H19N3O. The lowest BCUT2D eigenvalue weighted by Crippen LogP contribution is -2.10. The zero-order valence-electron chi connectivity index (χ0n) is 10.7. The molecule has 0 spiro atoms. The van der Waals surface area contributed by atoms with Crippen molar-refractivity contribution in [1.29, 1.82) is 0 Å². The quantitative estimate of drug-likeness (QED) is 0.844. The number of para-hydroxylation sites is 1. The highest BCUT2D eigenvalue weighted by molar-refractivity contribution is 5.40. The summed E-state index contributed by atoms with van der Waals surface area (Å²) in [5.74, 6) is 0.975. The van der Waals surface area contributed by atoms with Gasteiger partial charge in [0.25, 0.3) is 0 Å². The Morgan fingerprint density at radius 2 is 2.28 bits per heavy atom. The first-order valence-electron chi connectivity index (χ1n) is 6.18. The molecule has 2 aromatic rings. The van der Waals surface area contributed by atoms with Gasteiger partial charge in [0.05, 0.1) is 12.9 Å². The summed E-state index contributed by atoms with van der Waals surface area (Å²) in [5.41, 5.74) is 7.96. The maximum Gasteiger partial charge on any atom is 0.125 e. The monoisotopic (exact) mass is 245 g/mol. The molecule has 0 fully saturated rings. The van der Waals surface area contributed by atoms with E-state index in [9.17, 15) is 0 Å². The molecule has 96 valence electrons. The normalized spacial score (nSPS) is 10.6. The molecule has 0 bridgehead atoms. The van der Waals surface area contributed by atoms with E-state index in [-0.39, 0.29) is 0 Å². The lowest BCUT2D eigenvalue weighted by Gasteiger charge is -2.14. The number of benzene rings is 1. The van der Waals surface area contributed by atoms with Gasteiger partial charge in [0, 0.05) is 12.4 Å². The van der Waals surface area contributed by atoms with Crippen LogP contribution in [0.25, 0.3) is 0 Å². The Bertz CT molecular complexity index is 480. The van der Waals surface area contributed by atoms with Crippen LogP contribution in [0, 0.1) is 6.92 Å². The first kappa shape index (κ1) is 12.6. The number of aromatic nitrogens is 2. The van der Waals surface area contributed by atoms with Crippen LogP contribution in [-0.2, 0) is 13.0 Å².